The molecule has 0 aliphatic carbocycles. The van der Waals surface area contributed by atoms with E-state index in [0.717, 1.165) is 30.9 Å². The highest BCUT2D eigenvalue weighted by molar-refractivity contribution is 5.65. The molecule has 0 amide bonds. The molecule has 3 nitrogen and oxygen atoms in total. The zero-order valence-electron chi connectivity index (χ0n) is 8.96. The predicted molar refractivity (Wildman–Crippen MR) is 62.5 cm³/mol. The number of anilines is 2. The molecule has 0 saturated carbocycles. The van der Waals surface area contributed by atoms with Gasteiger partial charge in [0.2, 0.25) is 0 Å². The minimum absolute atomic E-state index is 0.817. The van der Waals surface area contributed by atoms with Gasteiger partial charge in [-0.05, 0) is 39.2 Å². The van der Waals surface area contributed by atoms with Gasteiger partial charge in [-0.3, -0.25) is 0 Å². The average Bonchev–Trinajstić information content (AvgIpc) is 2.15. The Labute approximate surface area is 85.9 Å². The van der Waals surface area contributed by atoms with E-state index in [1.54, 1.807) is 0 Å². The van der Waals surface area contributed by atoms with Crippen LogP contribution < -0.4 is 11.1 Å². The molecular weight excluding hydrogens is 174 g/mol. The van der Waals surface area contributed by atoms with Gasteiger partial charge in [0.25, 0.3) is 0 Å². The first-order chi connectivity index (χ1) is 6.70. The second kappa shape index (κ2) is 5.50. The molecule has 1 aromatic carbocycles. The summed E-state index contributed by atoms with van der Waals surface area (Å²) in [6.45, 7) is 2.06. The summed E-state index contributed by atoms with van der Waals surface area (Å²) in [6.07, 6.45) is 1.13. The summed E-state index contributed by atoms with van der Waals surface area (Å²) in [5.74, 6) is 0. The second-order valence-corrected chi connectivity index (χ2v) is 3.67. The largest absolute Gasteiger partial charge is 0.397 e. The van der Waals surface area contributed by atoms with E-state index in [4.69, 9.17) is 5.73 Å². The van der Waals surface area contributed by atoms with E-state index < -0.39 is 0 Å². The smallest absolute Gasteiger partial charge is 0.0573 e. The van der Waals surface area contributed by atoms with E-state index in [1.165, 1.54) is 0 Å². The Hall–Kier alpha value is -1.22. The molecule has 0 atom stereocenters. The van der Waals surface area contributed by atoms with E-state index in [9.17, 15) is 0 Å². The van der Waals surface area contributed by atoms with Gasteiger partial charge in [0.05, 0.1) is 11.4 Å². The van der Waals surface area contributed by atoms with Crippen LogP contribution in [-0.4, -0.2) is 32.1 Å². The molecule has 0 radical (unpaired) electrons. The van der Waals surface area contributed by atoms with Crippen molar-refractivity contribution in [3.8, 4) is 0 Å². The SMILES string of the molecule is CN(C)CCCNc1ccccc1N. The summed E-state index contributed by atoms with van der Waals surface area (Å²) >= 11 is 0. The summed E-state index contributed by atoms with van der Waals surface area (Å²) in [6, 6.07) is 7.85. The lowest BCUT2D eigenvalue weighted by atomic mass is 10.2. The minimum atomic E-state index is 0.817. The third-order valence-corrected chi connectivity index (χ3v) is 2.06. The summed E-state index contributed by atoms with van der Waals surface area (Å²) in [5, 5.41) is 3.32. The van der Waals surface area contributed by atoms with Gasteiger partial charge in [0.1, 0.15) is 0 Å². The molecule has 0 heterocycles. The van der Waals surface area contributed by atoms with Crippen LogP contribution in [0, 0.1) is 0 Å². The normalized spacial score (nSPS) is 10.5. The lowest BCUT2D eigenvalue weighted by Gasteiger charge is -2.11. The summed E-state index contributed by atoms with van der Waals surface area (Å²) in [5.41, 5.74) is 7.64. The Morgan fingerprint density at radius 2 is 2.00 bits per heavy atom. The molecule has 1 aromatic rings. The quantitative estimate of drug-likeness (QED) is 0.551. The van der Waals surface area contributed by atoms with Gasteiger partial charge in [-0.1, -0.05) is 12.1 Å². The lowest BCUT2D eigenvalue weighted by molar-refractivity contribution is 0.405. The zero-order chi connectivity index (χ0) is 10.4. The van der Waals surface area contributed by atoms with Crippen LogP contribution in [0.1, 0.15) is 6.42 Å². The van der Waals surface area contributed by atoms with Gasteiger partial charge in [-0.15, -0.1) is 0 Å². The van der Waals surface area contributed by atoms with Crippen molar-refractivity contribution in [1.29, 1.82) is 0 Å². The fourth-order valence-corrected chi connectivity index (χ4v) is 1.28. The number of hydrogen-bond donors (Lipinski definition) is 2. The molecule has 1 rings (SSSR count). The van der Waals surface area contributed by atoms with Crippen molar-refractivity contribution in [1.82, 2.24) is 4.90 Å². The van der Waals surface area contributed by atoms with Crippen LogP contribution in [0.2, 0.25) is 0 Å². The van der Waals surface area contributed by atoms with Gasteiger partial charge < -0.3 is 16.0 Å². The summed E-state index contributed by atoms with van der Waals surface area (Å²) < 4.78 is 0. The van der Waals surface area contributed by atoms with Gasteiger partial charge in [-0.2, -0.15) is 0 Å². The molecular formula is C11H19N3. The molecule has 3 N–H and O–H groups in total. The highest BCUT2D eigenvalue weighted by Crippen LogP contribution is 2.16. The highest BCUT2D eigenvalue weighted by atomic mass is 15.1. The first-order valence-electron chi connectivity index (χ1n) is 4.93. The Morgan fingerprint density at radius 3 is 2.64 bits per heavy atom. The maximum atomic E-state index is 5.79. The molecule has 0 aliphatic heterocycles. The monoisotopic (exact) mass is 193 g/mol. The number of nitrogen functional groups attached to an aromatic ring is 1. The molecule has 0 bridgehead atoms. The maximum Gasteiger partial charge on any atom is 0.0573 e. The zero-order valence-corrected chi connectivity index (χ0v) is 8.96. The van der Waals surface area contributed by atoms with E-state index in [2.05, 4.69) is 24.3 Å². The molecule has 0 fully saturated rings. The molecule has 0 aliphatic rings. The van der Waals surface area contributed by atoms with Crippen molar-refractivity contribution < 1.29 is 0 Å². The minimum Gasteiger partial charge on any atom is -0.397 e. The molecule has 0 aromatic heterocycles. The van der Waals surface area contributed by atoms with E-state index in [1.807, 2.05) is 24.3 Å². The van der Waals surface area contributed by atoms with Crippen molar-refractivity contribution in [2.24, 2.45) is 0 Å². The van der Waals surface area contributed by atoms with E-state index >= 15 is 0 Å². The molecule has 3 heteroatoms. The Balaban J connectivity index is 2.28. The first-order valence-corrected chi connectivity index (χ1v) is 4.93. The fourth-order valence-electron chi connectivity index (χ4n) is 1.28. The van der Waals surface area contributed by atoms with Gasteiger partial charge in [0, 0.05) is 6.54 Å². The molecule has 14 heavy (non-hydrogen) atoms. The van der Waals surface area contributed by atoms with Crippen LogP contribution >= 0.6 is 0 Å². The van der Waals surface area contributed by atoms with Crippen LogP contribution in [-0.2, 0) is 0 Å². The molecule has 0 unspecified atom stereocenters. The molecule has 0 saturated heterocycles. The van der Waals surface area contributed by atoms with Crippen molar-refractivity contribution in [3.63, 3.8) is 0 Å². The van der Waals surface area contributed by atoms with Crippen LogP contribution in [0.4, 0.5) is 11.4 Å². The van der Waals surface area contributed by atoms with Gasteiger partial charge in [-0.25, -0.2) is 0 Å². The van der Waals surface area contributed by atoms with E-state index in [0.29, 0.717) is 0 Å². The van der Waals surface area contributed by atoms with Crippen molar-refractivity contribution in [2.75, 3.05) is 38.2 Å². The first kappa shape index (κ1) is 10.9. The molecule has 0 spiro atoms. The Morgan fingerprint density at radius 1 is 1.29 bits per heavy atom. The summed E-state index contributed by atoms with van der Waals surface area (Å²) in [4.78, 5) is 2.18. The third-order valence-electron chi connectivity index (χ3n) is 2.06. The Kier molecular flexibility index (Phi) is 4.26. The highest BCUT2D eigenvalue weighted by Gasteiger charge is 1.95. The van der Waals surface area contributed by atoms with Crippen LogP contribution in [0.3, 0.4) is 0 Å². The number of nitrogens with two attached hydrogens (primary N) is 1. The van der Waals surface area contributed by atoms with Crippen molar-refractivity contribution in [3.05, 3.63) is 24.3 Å². The topological polar surface area (TPSA) is 41.3 Å². The summed E-state index contributed by atoms with van der Waals surface area (Å²) in [7, 11) is 4.16. The fraction of sp³-hybridized carbons (Fsp3) is 0.455. The Bertz CT molecular complexity index is 271. The van der Waals surface area contributed by atoms with Crippen LogP contribution in [0.15, 0.2) is 24.3 Å². The average molecular weight is 193 g/mol. The number of para-hydroxylation sites is 2. The lowest BCUT2D eigenvalue weighted by Crippen LogP contribution is -2.16. The number of nitrogens with zero attached hydrogens (tertiary/aromatic N) is 1. The van der Waals surface area contributed by atoms with Crippen molar-refractivity contribution in [2.45, 2.75) is 6.42 Å². The van der Waals surface area contributed by atoms with Crippen LogP contribution in [0.5, 0.6) is 0 Å². The maximum absolute atomic E-state index is 5.79. The van der Waals surface area contributed by atoms with Gasteiger partial charge in [0.15, 0.2) is 0 Å². The second-order valence-electron chi connectivity index (χ2n) is 3.67. The number of hydrogen-bond acceptors (Lipinski definition) is 3. The number of rotatable bonds is 5. The predicted octanol–water partition coefficient (Wildman–Crippen LogP) is 1.63. The standard InChI is InChI=1S/C11H19N3/c1-14(2)9-5-8-13-11-7-4-3-6-10(11)12/h3-4,6-7,13H,5,8-9,12H2,1-2H3. The number of benzene rings is 1. The van der Waals surface area contributed by atoms with Gasteiger partial charge >= 0.3 is 0 Å². The van der Waals surface area contributed by atoms with Crippen molar-refractivity contribution >= 4 is 11.4 Å². The molecule has 78 valence electrons. The van der Waals surface area contributed by atoms with E-state index in [-0.39, 0.29) is 0 Å². The van der Waals surface area contributed by atoms with Crippen LogP contribution in [0.25, 0.3) is 0 Å². The third kappa shape index (κ3) is 3.66. The number of nitrogens with one attached hydrogen (secondary N) is 1.